The number of pyridine rings is 1. The minimum Gasteiger partial charge on any atom is -0.488 e. The zero-order valence-electron chi connectivity index (χ0n) is 31.5. The summed E-state index contributed by atoms with van der Waals surface area (Å²) in [5, 5.41) is 19.7. The molecule has 11 heteroatoms. The number of carbonyl (C=O) groups is 1. The molecule has 2 saturated heterocycles. The highest BCUT2D eigenvalue weighted by Crippen LogP contribution is 2.39. The lowest BCUT2D eigenvalue weighted by Gasteiger charge is -2.33. The van der Waals surface area contributed by atoms with E-state index in [4.69, 9.17) is 21.1 Å². The molecule has 0 saturated carbocycles. The summed E-state index contributed by atoms with van der Waals surface area (Å²) < 4.78 is 26.4. The van der Waals surface area contributed by atoms with Crippen LogP contribution in [0.5, 0.6) is 11.5 Å². The van der Waals surface area contributed by atoms with Crippen LogP contribution in [0.4, 0.5) is 10.1 Å². The summed E-state index contributed by atoms with van der Waals surface area (Å²) in [6.07, 6.45) is 8.29. The molecule has 0 aliphatic carbocycles. The maximum atomic E-state index is 13.6. The Morgan fingerprint density at radius 2 is 1.75 bits per heavy atom. The molecular formula is C44H49ClFN5O4. The van der Waals surface area contributed by atoms with Gasteiger partial charge >= 0.3 is 5.97 Å². The molecule has 0 radical (unpaired) electrons. The molecule has 1 N–H and O–H groups in total. The fraction of sp³-hybridized carbons (Fsp3) is 0.432. The van der Waals surface area contributed by atoms with Crippen molar-refractivity contribution < 1.29 is 23.8 Å². The number of benzene rings is 3. The molecule has 2 fully saturated rings. The van der Waals surface area contributed by atoms with E-state index in [9.17, 15) is 19.6 Å². The van der Waals surface area contributed by atoms with Crippen LogP contribution < -0.4 is 14.4 Å². The Hall–Kier alpha value is -4.69. The lowest BCUT2D eigenvalue weighted by molar-refractivity contribution is -0.144. The van der Waals surface area contributed by atoms with E-state index < -0.39 is 18.2 Å². The molecule has 3 aliphatic heterocycles. The molecule has 0 bridgehead atoms. The number of hydrogen-bond donors (Lipinski definition) is 1. The number of carboxylic acids is 1. The van der Waals surface area contributed by atoms with Crippen LogP contribution in [0, 0.1) is 18.3 Å². The number of halogens is 2. The Kier molecular flexibility index (Phi) is 12.5. The van der Waals surface area contributed by atoms with Gasteiger partial charge < -0.3 is 24.4 Å². The third-order valence-electron chi connectivity index (χ3n) is 11.4. The molecule has 55 heavy (non-hydrogen) atoms. The molecule has 0 spiro atoms. The molecule has 3 aromatic carbocycles. The van der Waals surface area contributed by atoms with Crippen LogP contribution in [-0.2, 0) is 31.0 Å². The SMILES string of the molecule is Cc1c(COc2cc(OCc3cncc(C#N)c3)c(CN3CCCC[C@@H]3C(=O)O)cc2Cl)cccc1-c1cccc2c1CCN2CCCN1CCC(F)CC1. The highest BCUT2D eigenvalue weighted by Gasteiger charge is 2.30. The number of aromatic nitrogens is 1. The molecule has 3 aliphatic rings. The molecule has 0 amide bonds. The summed E-state index contributed by atoms with van der Waals surface area (Å²) in [7, 11) is 0. The van der Waals surface area contributed by atoms with Crippen molar-refractivity contribution in [1.29, 1.82) is 5.26 Å². The Morgan fingerprint density at radius 3 is 2.56 bits per heavy atom. The molecule has 288 valence electrons. The van der Waals surface area contributed by atoms with Gasteiger partial charge in [0.2, 0.25) is 0 Å². The highest BCUT2D eigenvalue weighted by molar-refractivity contribution is 6.32. The average molecular weight is 766 g/mol. The van der Waals surface area contributed by atoms with Crippen LogP contribution in [0.1, 0.15) is 71.9 Å². The first-order valence-electron chi connectivity index (χ1n) is 19.5. The van der Waals surface area contributed by atoms with Gasteiger partial charge in [0.25, 0.3) is 0 Å². The predicted molar refractivity (Wildman–Crippen MR) is 212 cm³/mol. The lowest BCUT2D eigenvalue weighted by Crippen LogP contribution is -2.44. The Labute approximate surface area is 328 Å². The van der Waals surface area contributed by atoms with E-state index >= 15 is 0 Å². The van der Waals surface area contributed by atoms with Gasteiger partial charge in [-0.3, -0.25) is 14.7 Å². The Balaban J connectivity index is 1.07. The van der Waals surface area contributed by atoms with Crippen molar-refractivity contribution in [2.45, 2.75) is 83.8 Å². The molecule has 1 aromatic heterocycles. The van der Waals surface area contributed by atoms with E-state index in [0.717, 1.165) is 80.7 Å². The number of carboxylic acid groups (broad SMARTS) is 1. The second-order valence-electron chi connectivity index (χ2n) is 15.0. The first-order chi connectivity index (χ1) is 26.8. The Morgan fingerprint density at radius 1 is 0.945 bits per heavy atom. The molecule has 1 atom stereocenters. The van der Waals surface area contributed by atoms with Gasteiger partial charge in [-0.05, 0) is 105 Å². The van der Waals surface area contributed by atoms with Gasteiger partial charge in [0.15, 0.2) is 0 Å². The summed E-state index contributed by atoms with van der Waals surface area (Å²) in [6, 6.07) is 19.8. The van der Waals surface area contributed by atoms with Crippen LogP contribution in [-0.4, -0.2) is 77.3 Å². The average Bonchev–Trinajstić information content (AvgIpc) is 3.62. The third kappa shape index (κ3) is 9.24. The lowest BCUT2D eigenvalue weighted by atomic mass is 9.92. The number of aliphatic carboxylic acids is 1. The minimum absolute atomic E-state index is 0.165. The van der Waals surface area contributed by atoms with E-state index in [1.54, 1.807) is 18.3 Å². The quantitative estimate of drug-likeness (QED) is 0.136. The summed E-state index contributed by atoms with van der Waals surface area (Å²) >= 11 is 6.89. The van der Waals surface area contributed by atoms with Crippen molar-refractivity contribution in [2.24, 2.45) is 0 Å². The first-order valence-corrected chi connectivity index (χ1v) is 19.9. The topological polar surface area (TPSA) is 102 Å². The molecular weight excluding hydrogens is 717 g/mol. The maximum absolute atomic E-state index is 13.6. The van der Waals surface area contributed by atoms with E-state index in [-0.39, 0.29) is 6.61 Å². The van der Waals surface area contributed by atoms with Crippen molar-refractivity contribution in [3.63, 3.8) is 0 Å². The summed E-state index contributed by atoms with van der Waals surface area (Å²) in [5.74, 6) is 0.175. The zero-order valence-corrected chi connectivity index (χ0v) is 32.2. The molecule has 4 heterocycles. The van der Waals surface area contributed by atoms with Gasteiger partial charge in [-0.15, -0.1) is 0 Å². The minimum atomic E-state index is -0.828. The van der Waals surface area contributed by atoms with E-state index in [1.165, 1.54) is 28.6 Å². The number of likely N-dealkylation sites (tertiary alicyclic amines) is 2. The largest absolute Gasteiger partial charge is 0.488 e. The third-order valence-corrected chi connectivity index (χ3v) is 11.7. The second kappa shape index (κ2) is 17.8. The standard InChI is InChI=1S/C44H49ClFN5O4/c1-30-33(7-4-8-36(30)37-9-5-11-40-38(37)14-20-50(40)17-6-15-49-18-12-35(46)13-19-49)29-55-43-23-42(54-28-32-21-31(24-47)25-48-26-32)34(22-39(43)45)27-51-16-3-2-10-41(51)44(52)53/h4-5,7-9,11,21-23,25-26,35,41H,2-3,6,10,12-20,27-29H2,1H3,(H,52,53)/t41-/m1/s1. The molecule has 7 rings (SSSR count). The van der Waals surface area contributed by atoms with Crippen LogP contribution in [0.25, 0.3) is 11.1 Å². The van der Waals surface area contributed by atoms with E-state index in [1.807, 2.05) is 11.0 Å². The van der Waals surface area contributed by atoms with Crippen molar-refractivity contribution >= 4 is 23.3 Å². The Bertz CT molecular complexity index is 2030. The number of hydrogen-bond acceptors (Lipinski definition) is 8. The van der Waals surface area contributed by atoms with E-state index in [0.29, 0.717) is 61.0 Å². The number of anilines is 1. The van der Waals surface area contributed by atoms with E-state index in [2.05, 4.69) is 64.2 Å². The van der Waals surface area contributed by atoms with Gasteiger partial charge in [-0.25, -0.2) is 4.39 Å². The summed E-state index contributed by atoms with van der Waals surface area (Å²) in [5.41, 5.74) is 9.23. The number of nitrogens with zero attached hydrogens (tertiary/aromatic N) is 5. The van der Waals surface area contributed by atoms with Gasteiger partial charge in [-0.2, -0.15) is 5.26 Å². The fourth-order valence-corrected chi connectivity index (χ4v) is 8.54. The number of ether oxygens (including phenoxy) is 2. The molecule has 0 unspecified atom stereocenters. The van der Waals surface area contributed by atoms with Gasteiger partial charge in [0.1, 0.15) is 43.0 Å². The monoisotopic (exact) mass is 765 g/mol. The highest BCUT2D eigenvalue weighted by atomic mass is 35.5. The first kappa shape index (κ1) is 38.6. The van der Waals surface area contributed by atoms with Crippen molar-refractivity contribution in [3.8, 4) is 28.7 Å². The predicted octanol–water partition coefficient (Wildman–Crippen LogP) is 8.37. The van der Waals surface area contributed by atoms with Gasteiger partial charge in [0.05, 0.1) is 10.6 Å². The number of piperidine rings is 2. The fourth-order valence-electron chi connectivity index (χ4n) is 8.29. The van der Waals surface area contributed by atoms with Gasteiger partial charge in [-0.1, -0.05) is 48.4 Å². The second-order valence-corrected chi connectivity index (χ2v) is 15.4. The number of fused-ring (bicyclic) bond motifs is 1. The van der Waals surface area contributed by atoms with Crippen LogP contribution >= 0.6 is 11.6 Å². The number of nitriles is 1. The van der Waals surface area contributed by atoms with Gasteiger partial charge in [0, 0.05) is 68.0 Å². The number of alkyl halides is 1. The summed E-state index contributed by atoms with van der Waals surface area (Å²) in [4.78, 5) is 23.1. The van der Waals surface area contributed by atoms with Crippen molar-refractivity contribution in [3.05, 3.63) is 105 Å². The van der Waals surface area contributed by atoms with Crippen LogP contribution in [0.2, 0.25) is 5.02 Å². The molecule has 4 aromatic rings. The number of rotatable bonds is 14. The normalized spacial score (nSPS) is 17.9. The summed E-state index contributed by atoms with van der Waals surface area (Å²) in [6.45, 7) is 8.34. The zero-order chi connectivity index (χ0) is 38.3. The van der Waals surface area contributed by atoms with Crippen molar-refractivity contribution in [1.82, 2.24) is 14.8 Å². The molecule has 9 nitrogen and oxygen atoms in total. The van der Waals surface area contributed by atoms with Crippen molar-refractivity contribution in [2.75, 3.05) is 44.2 Å². The van der Waals surface area contributed by atoms with Crippen LogP contribution in [0.3, 0.4) is 0 Å². The smallest absolute Gasteiger partial charge is 0.320 e. The van der Waals surface area contributed by atoms with Crippen LogP contribution in [0.15, 0.2) is 67.0 Å². The maximum Gasteiger partial charge on any atom is 0.320 e.